The zero-order valence-corrected chi connectivity index (χ0v) is 11.7. The molecule has 0 saturated carbocycles. The van der Waals surface area contributed by atoms with Crippen molar-refractivity contribution in [1.29, 1.82) is 0 Å². The molecule has 0 atom stereocenters. The molecule has 1 heterocycles. The number of likely N-dealkylation sites (N-methyl/N-ethyl adjacent to an activating group) is 2. The van der Waals surface area contributed by atoms with E-state index in [-0.39, 0.29) is 5.92 Å². The van der Waals surface area contributed by atoms with Crippen molar-refractivity contribution in [1.82, 2.24) is 15.1 Å². The molecule has 4 heteroatoms. The third-order valence-electron chi connectivity index (χ3n) is 3.68. The lowest BCUT2D eigenvalue weighted by molar-refractivity contribution is -0.135. The van der Waals surface area contributed by atoms with Crippen LogP contribution in [0.5, 0.6) is 0 Å². The van der Waals surface area contributed by atoms with E-state index in [0.717, 1.165) is 39.0 Å². The van der Waals surface area contributed by atoms with E-state index in [1.807, 2.05) is 19.0 Å². The molecule has 1 saturated heterocycles. The minimum atomic E-state index is 0.242. The number of piperidine rings is 1. The monoisotopic (exact) mass is 241 g/mol. The van der Waals surface area contributed by atoms with E-state index < -0.39 is 0 Å². The van der Waals surface area contributed by atoms with Crippen molar-refractivity contribution >= 4 is 5.91 Å². The molecule has 0 bridgehead atoms. The Morgan fingerprint density at radius 1 is 1.41 bits per heavy atom. The van der Waals surface area contributed by atoms with E-state index in [1.165, 1.54) is 0 Å². The number of nitrogens with zero attached hydrogens (tertiary/aromatic N) is 2. The van der Waals surface area contributed by atoms with Crippen LogP contribution in [0.25, 0.3) is 0 Å². The fourth-order valence-electron chi connectivity index (χ4n) is 2.36. The Labute approximate surface area is 105 Å². The van der Waals surface area contributed by atoms with Gasteiger partial charge in [0.05, 0.1) is 0 Å². The topological polar surface area (TPSA) is 35.6 Å². The highest BCUT2D eigenvalue weighted by Crippen LogP contribution is 2.20. The molecule has 1 fully saturated rings. The summed E-state index contributed by atoms with van der Waals surface area (Å²) >= 11 is 0. The largest absolute Gasteiger partial charge is 0.344 e. The summed E-state index contributed by atoms with van der Waals surface area (Å²) in [7, 11) is 3.83. The Balaban J connectivity index is 2.35. The summed E-state index contributed by atoms with van der Waals surface area (Å²) in [5.74, 6) is 0.565. The molecular formula is C13H27N3O. The molecule has 0 aromatic rings. The SMILES string of the molecule is CNCCN(C)C(=O)C1CCN(C(C)C)CC1. The molecule has 0 spiro atoms. The van der Waals surface area contributed by atoms with Crippen LogP contribution >= 0.6 is 0 Å². The Morgan fingerprint density at radius 2 is 2.00 bits per heavy atom. The Hall–Kier alpha value is -0.610. The standard InChI is InChI=1S/C13H27N3O/c1-11(2)16-8-5-12(6-9-16)13(17)15(4)10-7-14-3/h11-12,14H,5-10H2,1-4H3. The molecule has 0 radical (unpaired) electrons. The molecule has 1 amide bonds. The highest BCUT2D eigenvalue weighted by Gasteiger charge is 2.27. The summed E-state index contributed by atoms with van der Waals surface area (Å²) in [5.41, 5.74) is 0. The predicted molar refractivity (Wildman–Crippen MR) is 71.0 cm³/mol. The molecule has 0 aliphatic carbocycles. The summed E-state index contributed by atoms with van der Waals surface area (Å²) in [4.78, 5) is 16.5. The smallest absolute Gasteiger partial charge is 0.225 e. The van der Waals surface area contributed by atoms with Gasteiger partial charge in [0.25, 0.3) is 0 Å². The van der Waals surface area contributed by atoms with E-state index in [9.17, 15) is 4.79 Å². The first-order valence-corrected chi connectivity index (χ1v) is 6.70. The van der Waals surface area contributed by atoms with Gasteiger partial charge in [0.1, 0.15) is 0 Å². The van der Waals surface area contributed by atoms with Gasteiger partial charge >= 0.3 is 0 Å². The molecule has 0 aromatic carbocycles. The number of nitrogens with one attached hydrogen (secondary N) is 1. The van der Waals surface area contributed by atoms with Gasteiger partial charge in [0.15, 0.2) is 0 Å². The van der Waals surface area contributed by atoms with Gasteiger partial charge < -0.3 is 15.1 Å². The molecule has 0 unspecified atom stereocenters. The van der Waals surface area contributed by atoms with Gasteiger partial charge in [-0.3, -0.25) is 4.79 Å². The van der Waals surface area contributed by atoms with Gasteiger partial charge in [-0.15, -0.1) is 0 Å². The van der Waals surface area contributed by atoms with E-state index in [4.69, 9.17) is 0 Å². The highest BCUT2D eigenvalue weighted by molar-refractivity contribution is 5.78. The lowest BCUT2D eigenvalue weighted by Gasteiger charge is -2.35. The summed E-state index contributed by atoms with van der Waals surface area (Å²) in [6.07, 6.45) is 2.03. The molecule has 1 aliphatic rings. The van der Waals surface area contributed by atoms with Gasteiger partial charge in [-0.2, -0.15) is 0 Å². The second kappa shape index (κ2) is 6.97. The average molecular weight is 241 g/mol. The normalized spacial score (nSPS) is 18.6. The Morgan fingerprint density at radius 3 is 2.47 bits per heavy atom. The minimum absolute atomic E-state index is 0.242. The molecule has 100 valence electrons. The van der Waals surface area contributed by atoms with Crippen LogP contribution in [0.4, 0.5) is 0 Å². The molecular weight excluding hydrogens is 214 g/mol. The number of amides is 1. The average Bonchev–Trinajstić information content (AvgIpc) is 2.35. The van der Waals surface area contributed by atoms with Crippen molar-refractivity contribution in [3.63, 3.8) is 0 Å². The maximum absolute atomic E-state index is 12.2. The zero-order valence-electron chi connectivity index (χ0n) is 11.7. The van der Waals surface area contributed by atoms with Gasteiger partial charge in [0, 0.05) is 32.1 Å². The van der Waals surface area contributed by atoms with Crippen LogP contribution in [0.1, 0.15) is 26.7 Å². The third kappa shape index (κ3) is 4.28. The second-order valence-corrected chi connectivity index (χ2v) is 5.27. The Kier molecular flexibility index (Phi) is 5.92. The summed E-state index contributed by atoms with van der Waals surface area (Å²) in [6.45, 7) is 8.25. The molecule has 1 aliphatic heterocycles. The maximum atomic E-state index is 12.2. The van der Waals surface area contributed by atoms with Gasteiger partial charge in [-0.05, 0) is 46.8 Å². The molecule has 4 nitrogen and oxygen atoms in total. The van der Waals surface area contributed by atoms with Crippen LogP contribution in [-0.2, 0) is 4.79 Å². The number of carbonyl (C=O) groups is 1. The number of rotatable bonds is 5. The zero-order chi connectivity index (χ0) is 12.8. The summed E-state index contributed by atoms with van der Waals surface area (Å²) in [6, 6.07) is 0.605. The van der Waals surface area contributed by atoms with Crippen molar-refractivity contribution in [3.8, 4) is 0 Å². The van der Waals surface area contributed by atoms with Crippen LogP contribution in [0.2, 0.25) is 0 Å². The van der Waals surface area contributed by atoms with Crippen molar-refractivity contribution < 1.29 is 4.79 Å². The molecule has 1 N–H and O–H groups in total. The van der Waals surface area contributed by atoms with Crippen LogP contribution in [0.3, 0.4) is 0 Å². The van der Waals surface area contributed by atoms with E-state index in [0.29, 0.717) is 11.9 Å². The quantitative estimate of drug-likeness (QED) is 0.773. The summed E-state index contributed by atoms with van der Waals surface area (Å²) < 4.78 is 0. The van der Waals surface area contributed by atoms with Crippen LogP contribution < -0.4 is 5.32 Å². The fourth-order valence-corrected chi connectivity index (χ4v) is 2.36. The van der Waals surface area contributed by atoms with Gasteiger partial charge in [0.2, 0.25) is 5.91 Å². The molecule has 1 rings (SSSR count). The minimum Gasteiger partial charge on any atom is -0.344 e. The summed E-state index contributed by atoms with van der Waals surface area (Å²) in [5, 5.41) is 3.08. The lowest BCUT2D eigenvalue weighted by Crippen LogP contribution is -2.44. The van der Waals surface area contributed by atoms with Crippen LogP contribution in [-0.4, -0.2) is 62.0 Å². The van der Waals surface area contributed by atoms with E-state index >= 15 is 0 Å². The second-order valence-electron chi connectivity index (χ2n) is 5.27. The van der Waals surface area contributed by atoms with Crippen molar-refractivity contribution in [2.24, 2.45) is 5.92 Å². The highest BCUT2D eigenvalue weighted by atomic mass is 16.2. The van der Waals surface area contributed by atoms with Crippen molar-refractivity contribution in [2.45, 2.75) is 32.7 Å². The predicted octanol–water partition coefficient (Wildman–Crippen LogP) is 0.785. The van der Waals surface area contributed by atoms with E-state index in [2.05, 4.69) is 24.1 Å². The fraction of sp³-hybridized carbons (Fsp3) is 0.923. The number of carbonyl (C=O) groups excluding carboxylic acids is 1. The Bertz CT molecular complexity index is 235. The molecule has 17 heavy (non-hydrogen) atoms. The maximum Gasteiger partial charge on any atom is 0.225 e. The van der Waals surface area contributed by atoms with Crippen LogP contribution in [0, 0.1) is 5.92 Å². The van der Waals surface area contributed by atoms with Crippen molar-refractivity contribution in [3.05, 3.63) is 0 Å². The van der Waals surface area contributed by atoms with Gasteiger partial charge in [-0.1, -0.05) is 0 Å². The first-order chi connectivity index (χ1) is 8.06. The first-order valence-electron chi connectivity index (χ1n) is 6.70. The van der Waals surface area contributed by atoms with Gasteiger partial charge in [-0.25, -0.2) is 0 Å². The first kappa shape index (κ1) is 14.5. The van der Waals surface area contributed by atoms with Crippen LogP contribution in [0.15, 0.2) is 0 Å². The number of hydrogen-bond donors (Lipinski definition) is 1. The molecule has 0 aromatic heterocycles. The number of hydrogen-bond acceptors (Lipinski definition) is 3. The number of likely N-dealkylation sites (tertiary alicyclic amines) is 1. The van der Waals surface area contributed by atoms with Crippen molar-refractivity contribution in [2.75, 3.05) is 40.3 Å². The third-order valence-corrected chi connectivity index (χ3v) is 3.68. The lowest BCUT2D eigenvalue weighted by atomic mass is 9.94. The van der Waals surface area contributed by atoms with E-state index in [1.54, 1.807) is 0 Å².